The van der Waals surface area contributed by atoms with Crippen molar-refractivity contribution in [1.29, 1.82) is 0 Å². The lowest BCUT2D eigenvalue weighted by molar-refractivity contribution is -0.135. The maximum Gasteiger partial charge on any atom is 0.300 e. The lowest BCUT2D eigenvalue weighted by atomic mass is 10.2. The number of carboxylic acid groups (broad SMARTS) is 2. The summed E-state index contributed by atoms with van der Waals surface area (Å²) in [5.41, 5.74) is 0.712. The molecule has 0 radical (unpaired) electrons. The number of hydrogen-bond donors (Lipinski definition) is 5. The molecule has 9 nitrogen and oxygen atoms in total. The van der Waals surface area contributed by atoms with Crippen molar-refractivity contribution in [2.75, 3.05) is 5.32 Å². The van der Waals surface area contributed by atoms with E-state index in [1.165, 1.54) is 24.3 Å². The maximum absolute atomic E-state index is 12.1. The molecule has 31 heavy (non-hydrogen) atoms. The second-order valence-electron chi connectivity index (χ2n) is 5.94. The first kappa shape index (κ1) is 25.6. The lowest BCUT2D eigenvalue weighted by Crippen LogP contribution is -2.14. The number of hydrogen-bond acceptors (Lipinski definition) is 6. The Balaban J connectivity index is 0.000000519. The smallest absolute Gasteiger partial charge is 0.300 e. The summed E-state index contributed by atoms with van der Waals surface area (Å²) in [7, 11) is 0. The summed E-state index contributed by atoms with van der Waals surface area (Å²) in [5.74, 6) is -2.09. The highest BCUT2D eigenvalue weighted by Crippen LogP contribution is 2.34. The molecule has 0 unspecified atom stereocenters. The zero-order valence-electron chi connectivity index (χ0n) is 16.3. The van der Waals surface area contributed by atoms with Gasteiger partial charge in [0.25, 0.3) is 11.9 Å². The molecule has 0 saturated heterocycles. The molecule has 1 heterocycles. The van der Waals surface area contributed by atoms with E-state index in [1.54, 1.807) is 12.1 Å². The average molecular weight is 472 g/mol. The number of amides is 1. The molecule has 2 aromatic carbocycles. The van der Waals surface area contributed by atoms with Crippen LogP contribution in [0.15, 0.2) is 40.8 Å². The molecule has 0 aliphatic heterocycles. The summed E-state index contributed by atoms with van der Waals surface area (Å²) in [6.45, 7) is 2.17. The van der Waals surface area contributed by atoms with Crippen LogP contribution in [0.4, 0.5) is 5.69 Å². The summed E-state index contributed by atoms with van der Waals surface area (Å²) >= 11 is 11.8. The molecule has 5 N–H and O–H groups in total. The quantitative estimate of drug-likeness (QED) is 0.373. The first-order chi connectivity index (χ1) is 14.4. The van der Waals surface area contributed by atoms with Crippen molar-refractivity contribution in [2.24, 2.45) is 0 Å². The predicted octanol–water partition coefficient (Wildman–Crippen LogP) is 4.51. The molecule has 0 aliphatic rings. The number of aromatic hydroxyl groups is 2. The van der Waals surface area contributed by atoms with E-state index in [1.807, 2.05) is 0 Å². The Labute approximate surface area is 186 Å². The fraction of sp³-hybridized carbons (Fsp3) is 0.150. The highest BCUT2D eigenvalue weighted by atomic mass is 35.5. The Hall–Kier alpha value is -3.43. The van der Waals surface area contributed by atoms with Gasteiger partial charge in [-0.3, -0.25) is 14.4 Å². The number of aliphatic carboxylic acids is 2. The van der Waals surface area contributed by atoms with Gasteiger partial charge in [0, 0.05) is 24.9 Å². The second-order valence-corrected chi connectivity index (χ2v) is 6.79. The number of nitrogens with one attached hydrogen (secondary N) is 1. The molecule has 1 aromatic heterocycles. The van der Waals surface area contributed by atoms with Gasteiger partial charge in [-0.25, -0.2) is 0 Å². The third-order valence-electron chi connectivity index (χ3n) is 3.24. The number of phenolic OH excluding ortho intramolecular Hbond substituents is 1. The van der Waals surface area contributed by atoms with Crippen molar-refractivity contribution in [3.63, 3.8) is 0 Å². The largest absolute Gasteiger partial charge is 0.508 e. The standard InChI is InChI=1S/C16H11Cl2NO4.2C2H4O2/c17-8-1-4-12(11(18)5-8)19-15(21)7-14-16(22)10-3-2-9(20)6-13(10)23-14;2*1-2(3)4/h1-6,20,22H,7H2,(H,19,21);2*1H3,(H,3,4). The van der Waals surface area contributed by atoms with Crippen LogP contribution in [0.5, 0.6) is 11.5 Å². The number of furan rings is 1. The molecule has 0 spiro atoms. The first-order valence-electron chi connectivity index (χ1n) is 8.48. The number of halogens is 2. The van der Waals surface area contributed by atoms with Crippen molar-refractivity contribution in [3.8, 4) is 11.5 Å². The minimum absolute atomic E-state index is 0.00944. The predicted molar refractivity (Wildman–Crippen MR) is 115 cm³/mol. The van der Waals surface area contributed by atoms with E-state index in [9.17, 15) is 15.0 Å². The molecule has 0 saturated carbocycles. The van der Waals surface area contributed by atoms with Gasteiger partial charge >= 0.3 is 0 Å². The molecule has 0 fully saturated rings. The number of carboxylic acids is 2. The fourth-order valence-electron chi connectivity index (χ4n) is 2.17. The van der Waals surface area contributed by atoms with E-state index in [4.69, 9.17) is 47.4 Å². The first-order valence-corrected chi connectivity index (χ1v) is 9.23. The van der Waals surface area contributed by atoms with Gasteiger partial charge in [-0.1, -0.05) is 23.2 Å². The molecule has 1 amide bonds. The van der Waals surface area contributed by atoms with Crippen LogP contribution in [0.3, 0.4) is 0 Å². The van der Waals surface area contributed by atoms with Gasteiger partial charge < -0.3 is 30.2 Å². The summed E-state index contributed by atoms with van der Waals surface area (Å²) in [6.07, 6.45) is -0.180. The highest BCUT2D eigenvalue weighted by molar-refractivity contribution is 6.36. The van der Waals surface area contributed by atoms with Crippen LogP contribution >= 0.6 is 23.2 Å². The fourth-order valence-corrected chi connectivity index (χ4v) is 2.63. The zero-order chi connectivity index (χ0) is 23.7. The highest BCUT2D eigenvalue weighted by Gasteiger charge is 2.17. The topological polar surface area (TPSA) is 157 Å². The number of fused-ring (bicyclic) bond motifs is 1. The van der Waals surface area contributed by atoms with Crippen LogP contribution < -0.4 is 5.32 Å². The molecule has 3 aromatic rings. The normalized spacial score (nSPS) is 9.68. The van der Waals surface area contributed by atoms with Gasteiger partial charge in [-0.15, -0.1) is 0 Å². The minimum atomic E-state index is -0.833. The minimum Gasteiger partial charge on any atom is -0.508 e. The van der Waals surface area contributed by atoms with Crippen LogP contribution in [0.1, 0.15) is 19.6 Å². The van der Waals surface area contributed by atoms with Gasteiger partial charge in [0.1, 0.15) is 11.3 Å². The van der Waals surface area contributed by atoms with Crippen molar-refractivity contribution in [2.45, 2.75) is 20.3 Å². The van der Waals surface area contributed by atoms with Gasteiger partial charge in [-0.05, 0) is 30.3 Å². The summed E-state index contributed by atoms with van der Waals surface area (Å²) in [6, 6.07) is 9.01. The molecule has 3 rings (SSSR count). The van der Waals surface area contributed by atoms with E-state index < -0.39 is 17.8 Å². The number of anilines is 1. The van der Waals surface area contributed by atoms with Gasteiger partial charge in [0.05, 0.1) is 22.5 Å². The number of benzene rings is 2. The molecule has 0 aliphatic carbocycles. The Morgan fingerprint density at radius 3 is 2.10 bits per heavy atom. The molecular weight excluding hydrogens is 453 g/mol. The monoisotopic (exact) mass is 471 g/mol. The van der Waals surface area contributed by atoms with E-state index in [0.717, 1.165) is 13.8 Å². The Kier molecular flexibility index (Phi) is 9.65. The van der Waals surface area contributed by atoms with Gasteiger partial charge in [-0.2, -0.15) is 0 Å². The Morgan fingerprint density at radius 2 is 1.55 bits per heavy atom. The summed E-state index contributed by atoms with van der Waals surface area (Å²) in [4.78, 5) is 30.1. The molecule has 0 atom stereocenters. The number of rotatable bonds is 3. The van der Waals surface area contributed by atoms with E-state index >= 15 is 0 Å². The summed E-state index contributed by atoms with van der Waals surface area (Å²) in [5, 5.41) is 38.2. The molecule has 11 heteroatoms. The molecule has 0 bridgehead atoms. The van der Waals surface area contributed by atoms with E-state index in [-0.39, 0.29) is 23.7 Å². The van der Waals surface area contributed by atoms with Gasteiger partial charge in [0.15, 0.2) is 11.5 Å². The lowest BCUT2D eigenvalue weighted by Gasteiger charge is -2.06. The number of carbonyl (C=O) groups excluding carboxylic acids is 1. The second kappa shape index (κ2) is 11.7. The van der Waals surface area contributed by atoms with Crippen molar-refractivity contribution in [1.82, 2.24) is 0 Å². The van der Waals surface area contributed by atoms with Crippen LogP contribution in [-0.2, 0) is 20.8 Å². The van der Waals surface area contributed by atoms with Crippen molar-refractivity contribution < 1.29 is 39.2 Å². The third kappa shape index (κ3) is 8.85. The van der Waals surface area contributed by atoms with Crippen LogP contribution in [0.25, 0.3) is 11.0 Å². The van der Waals surface area contributed by atoms with Crippen LogP contribution in [-0.4, -0.2) is 38.3 Å². The van der Waals surface area contributed by atoms with Crippen LogP contribution in [0, 0.1) is 0 Å². The Morgan fingerprint density at radius 1 is 0.968 bits per heavy atom. The van der Waals surface area contributed by atoms with E-state index in [0.29, 0.717) is 26.7 Å². The van der Waals surface area contributed by atoms with Crippen LogP contribution in [0.2, 0.25) is 10.0 Å². The van der Waals surface area contributed by atoms with E-state index in [2.05, 4.69) is 5.32 Å². The SMILES string of the molecule is CC(=O)O.CC(=O)O.O=C(Cc1oc2cc(O)ccc2c1O)Nc1ccc(Cl)cc1Cl. The number of phenols is 1. The third-order valence-corrected chi connectivity index (χ3v) is 3.79. The molecular formula is C20H19Cl2NO8. The summed E-state index contributed by atoms with van der Waals surface area (Å²) < 4.78 is 5.41. The van der Waals surface area contributed by atoms with Gasteiger partial charge in [0.2, 0.25) is 5.91 Å². The van der Waals surface area contributed by atoms with Crippen molar-refractivity contribution in [3.05, 3.63) is 52.2 Å². The Bertz CT molecular complexity index is 1070. The maximum atomic E-state index is 12.1. The molecule has 166 valence electrons. The number of carbonyl (C=O) groups is 3. The zero-order valence-corrected chi connectivity index (χ0v) is 17.9. The average Bonchev–Trinajstić information content (AvgIpc) is 2.91. The van der Waals surface area contributed by atoms with Crippen molar-refractivity contribution >= 4 is 57.7 Å².